The van der Waals surface area contributed by atoms with Gasteiger partial charge in [0, 0.05) is 36.3 Å². The van der Waals surface area contributed by atoms with Crippen molar-refractivity contribution in [1.29, 1.82) is 0 Å². The van der Waals surface area contributed by atoms with Crippen LogP contribution in [0.4, 0.5) is 5.13 Å². The maximum atomic E-state index is 12.5. The van der Waals surface area contributed by atoms with Gasteiger partial charge in [-0.3, -0.25) is 4.79 Å². The molecular weight excluding hydrogens is 326 g/mol. The summed E-state index contributed by atoms with van der Waals surface area (Å²) in [5.41, 5.74) is 1.35. The summed E-state index contributed by atoms with van der Waals surface area (Å²) in [5, 5.41) is 17.1. The average molecular weight is 341 g/mol. The number of hydrogen-bond acceptors (Lipinski definition) is 7. The molecule has 1 amide bonds. The third kappa shape index (κ3) is 2.98. The van der Waals surface area contributed by atoms with Crippen LogP contribution in [0.5, 0.6) is 0 Å². The summed E-state index contributed by atoms with van der Waals surface area (Å²) in [6, 6.07) is 7.36. The molecule has 2 aromatic heterocycles. The summed E-state index contributed by atoms with van der Waals surface area (Å²) < 4.78 is 1.52. The summed E-state index contributed by atoms with van der Waals surface area (Å²) >= 11 is 1.62. The SMILES string of the molecule is O=C(NC1CCN(c2nccs2)C1)c1cccc(-n2cnnn2)c1. The number of anilines is 1. The van der Waals surface area contributed by atoms with E-state index in [1.165, 1.54) is 11.0 Å². The van der Waals surface area contributed by atoms with Gasteiger partial charge < -0.3 is 10.2 Å². The van der Waals surface area contributed by atoms with E-state index in [4.69, 9.17) is 0 Å². The Labute approximate surface area is 142 Å². The Morgan fingerprint density at radius 2 is 2.33 bits per heavy atom. The number of amides is 1. The number of rotatable bonds is 4. The first kappa shape index (κ1) is 14.8. The average Bonchev–Trinajstić information content (AvgIpc) is 3.36. The first-order chi connectivity index (χ1) is 11.8. The summed E-state index contributed by atoms with van der Waals surface area (Å²) in [6.45, 7) is 1.69. The van der Waals surface area contributed by atoms with Crippen molar-refractivity contribution in [1.82, 2.24) is 30.5 Å². The second kappa shape index (κ2) is 6.36. The molecule has 0 radical (unpaired) electrons. The van der Waals surface area contributed by atoms with E-state index in [9.17, 15) is 4.79 Å². The molecule has 3 aromatic rings. The van der Waals surface area contributed by atoms with Crippen LogP contribution in [0.25, 0.3) is 5.69 Å². The van der Waals surface area contributed by atoms with E-state index in [1.807, 2.05) is 17.5 Å². The van der Waals surface area contributed by atoms with E-state index in [-0.39, 0.29) is 11.9 Å². The van der Waals surface area contributed by atoms with Crippen LogP contribution in [0.15, 0.2) is 42.2 Å². The minimum absolute atomic E-state index is 0.0871. The van der Waals surface area contributed by atoms with Crippen molar-refractivity contribution < 1.29 is 4.79 Å². The number of tetrazole rings is 1. The zero-order valence-corrected chi connectivity index (χ0v) is 13.6. The van der Waals surface area contributed by atoms with Crippen LogP contribution in [0.3, 0.4) is 0 Å². The van der Waals surface area contributed by atoms with Crippen LogP contribution < -0.4 is 10.2 Å². The predicted octanol–water partition coefficient (Wildman–Crippen LogP) is 1.13. The summed E-state index contributed by atoms with van der Waals surface area (Å²) in [4.78, 5) is 19.0. The van der Waals surface area contributed by atoms with Gasteiger partial charge in [0.05, 0.1) is 5.69 Å². The van der Waals surface area contributed by atoms with Gasteiger partial charge in [-0.15, -0.1) is 16.4 Å². The molecule has 4 rings (SSSR count). The Morgan fingerprint density at radius 3 is 3.12 bits per heavy atom. The molecule has 1 atom stereocenters. The quantitative estimate of drug-likeness (QED) is 0.765. The lowest BCUT2D eigenvalue weighted by Crippen LogP contribution is -2.37. The van der Waals surface area contributed by atoms with Gasteiger partial charge in [0.2, 0.25) is 0 Å². The van der Waals surface area contributed by atoms with Gasteiger partial charge in [-0.2, -0.15) is 0 Å². The van der Waals surface area contributed by atoms with Crippen LogP contribution in [0.2, 0.25) is 0 Å². The molecule has 3 heterocycles. The fourth-order valence-electron chi connectivity index (χ4n) is 2.76. The predicted molar refractivity (Wildman–Crippen MR) is 89.4 cm³/mol. The highest BCUT2D eigenvalue weighted by molar-refractivity contribution is 7.13. The largest absolute Gasteiger partial charge is 0.347 e. The first-order valence-electron chi connectivity index (χ1n) is 7.58. The number of carbonyl (C=O) groups is 1. The summed E-state index contributed by atoms with van der Waals surface area (Å²) in [5.74, 6) is -0.0871. The maximum absolute atomic E-state index is 12.5. The van der Waals surface area contributed by atoms with Crippen molar-refractivity contribution in [2.45, 2.75) is 12.5 Å². The standard InChI is InChI=1S/C15H15N7OS/c23-14(11-2-1-3-13(8-11)22-10-17-19-20-22)18-12-4-6-21(9-12)15-16-5-7-24-15/h1-3,5,7-8,10,12H,4,6,9H2,(H,18,23). The lowest BCUT2D eigenvalue weighted by Gasteiger charge is -2.16. The molecule has 0 bridgehead atoms. The Morgan fingerprint density at radius 1 is 1.38 bits per heavy atom. The third-order valence-electron chi connectivity index (χ3n) is 3.94. The molecule has 1 fully saturated rings. The van der Waals surface area contributed by atoms with Crippen LogP contribution >= 0.6 is 11.3 Å². The number of carbonyl (C=O) groups excluding carboxylic acids is 1. The van der Waals surface area contributed by atoms with Crippen molar-refractivity contribution in [3.63, 3.8) is 0 Å². The van der Waals surface area contributed by atoms with Crippen molar-refractivity contribution in [3.05, 3.63) is 47.7 Å². The molecule has 1 aliphatic heterocycles. The molecule has 122 valence electrons. The van der Waals surface area contributed by atoms with Crippen molar-refractivity contribution in [2.24, 2.45) is 0 Å². The number of benzene rings is 1. The zero-order chi connectivity index (χ0) is 16.4. The van der Waals surface area contributed by atoms with Gasteiger partial charge in [0.25, 0.3) is 5.91 Å². The van der Waals surface area contributed by atoms with Gasteiger partial charge in [0.15, 0.2) is 5.13 Å². The van der Waals surface area contributed by atoms with E-state index < -0.39 is 0 Å². The molecular formula is C15H15N7OS. The highest BCUT2D eigenvalue weighted by Crippen LogP contribution is 2.22. The molecule has 1 unspecified atom stereocenters. The normalized spacial score (nSPS) is 17.2. The van der Waals surface area contributed by atoms with Crippen molar-refractivity contribution in [2.75, 3.05) is 18.0 Å². The van der Waals surface area contributed by atoms with Gasteiger partial charge in [-0.1, -0.05) is 6.07 Å². The molecule has 1 aromatic carbocycles. The highest BCUT2D eigenvalue weighted by atomic mass is 32.1. The number of nitrogens with zero attached hydrogens (tertiary/aromatic N) is 6. The van der Waals surface area contributed by atoms with Gasteiger partial charge >= 0.3 is 0 Å². The molecule has 0 aliphatic carbocycles. The monoisotopic (exact) mass is 341 g/mol. The minimum atomic E-state index is -0.0871. The van der Waals surface area contributed by atoms with Gasteiger partial charge in [0.1, 0.15) is 6.33 Å². The lowest BCUT2D eigenvalue weighted by molar-refractivity contribution is 0.0940. The Kier molecular flexibility index (Phi) is 3.91. The zero-order valence-electron chi connectivity index (χ0n) is 12.7. The van der Waals surface area contributed by atoms with Crippen molar-refractivity contribution >= 4 is 22.4 Å². The molecule has 9 heteroatoms. The van der Waals surface area contributed by atoms with Gasteiger partial charge in [-0.05, 0) is 35.0 Å². The highest BCUT2D eigenvalue weighted by Gasteiger charge is 2.25. The molecule has 0 saturated carbocycles. The summed E-state index contributed by atoms with van der Waals surface area (Å²) in [6.07, 6.45) is 4.22. The first-order valence-corrected chi connectivity index (χ1v) is 8.46. The van der Waals surface area contributed by atoms with E-state index >= 15 is 0 Å². The maximum Gasteiger partial charge on any atom is 0.251 e. The third-order valence-corrected chi connectivity index (χ3v) is 4.77. The van der Waals surface area contributed by atoms with E-state index in [0.29, 0.717) is 5.56 Å². The Balaban J connectivity index is 1.43. The van der Waals surface area contributed by atoms with Crippen LogP contribution in [-0.4, -0.2) is 50.2 Å². The fourth-order valence-corrected chi connectivity index (χ4v) is 3.44. The van der Waals surface area contributed by atoms with Crippen LogP contribution in [-0.2, 0) is 0 Å². The molecule has 0 spiro atoms. The number of nitrogens with one attached hydrogen (secondary N) is 1. The Hall–Kier alpha value is -2.81. The number of thiazole rings is 1. The molecule has 1 N–H and O–H groups in total. The lowest BCUT2D eigenvalue weighted by atomic mass is 10.1. The molecule has 8 nitrogen and oxygen atoms in total. The molecule has 1 saturated heterocycles. The van der Waals surface area contributed by atoms with Gasteiger partial charge in [-0.25, -0.2) is 9.67 Å². The van der Waals surface area contributed by atoms with Crippen LogP contribution in [0.1, 0.15) is 16.8 Å². The second-order valence-corrected chi connectivity index (χ2v) is 6.40. The van der Waals surface area contributed by atoms with E-state index in [2.05, 4.69) is 30.7 Å². The van der Waals surface area contributed by atoms with Crippen molar-refractivity contribution in [3.8, 4) is 5.69 Å². The smallest absolute Gasteiger partial charge is 0.251 e. The number of aromatic nitrogens is 5. The Bertz CT molecular complexity index is 818. The number of hydrogen-bond donors (Lipinski definition) is 1. The molecule has 24 heavy (non-hydrogen) atoms. The van der Waals surface area contributed by atoms with E-state index in [1.54, 1.807) is 29.7 Å². The fraction of sp³-hybridized carbons (Fsp3) is 0.267. The van der Waals surface area contributed by atoms with E-state index in [0.717, 1.165) is 30.3 Å². The molecule has 1 aliphatic rings. The van der Waals surface area contributed by atoms with Crippen LogP contribution in [0, 0.1) is 0 Å². The minimum Gasteiger partial charge on any atom is -0.347 e. The topological polar surface area (TPSA) is 88.8 Å². The second-order valence-electron chi connectivity index (χ2n) is 5.52. The summed E-state index contributed by atoms with van der Waals surface area (Å²) in [7, 11) is 0.